The number of aromatic amines is 1. The lowest BCUT2D eigenvalue weighted by Crippen LogP contribution is -2.24. The highest BCUT2D eigenvalue weighted by Crippen LogP contribution is 2.42. The van der Waals surface area contributed by atoms with Gasteiger partial charge in [0.2, 0.25) is 0 Å². The number of hydrogen-bond donors (Lipinski definition) is 1. The molecule has 19 heavy (non-hydrogen) atoms. The maximum atomic E-state index is 12.1. The highest BCUT2D eigenvalue weighted by molar-refractivity contribution is 7.18. The molecule has 0 aliphatic heterocycles. The molecule has 3 rings (SSSR count). The maximum Gasteiger partial charge on any atom is 0.259 e. The van der Waals surface area contributed by atoms with Crippen LogP contribution in [0.3, 0.4) is 0 Å². The van der Waals surface area contributed by atoms with E-state index in [1.807, 2.05) is 13.0 Å². The molecule has 0 spiro atoms. The molecule has 0 radical (unpaired) electrons. The molecule has 2 aromatic rings. The molecule has 2 heterocycles. The van der Waals surface area contributed by atoms with E-state index in [4.69, 9.17) is 4.98 Å². The summed E-state index contributed by atoms with van der Waals surface area (Å²) in [6.07, 6.45) is 4.75. The van der Waals surface area contributed by atoms with Gasteiger partial charge in [0.25, 0.3) is 5.56 Å². The summed E-state index contributed by atoms with van der Waals surface area (Å²) >= 11 is 1.61. The van der Waals surface area contributed by atoms with Gasteiger partial charge in [-0.2, -0.15) is 0 Å². The summed E-state index contributed by atoms with van der Waals surface area (Å²) in [4.78, 5) is 21.9. The first-order chi connectivity index (χ1) is 8.94. The Labute approximate surface area is 117 Å². The van der Waals surface area contributed by atoms with Crippen LogP contribution in [0.25, 0.3) is 10.2 Å². The highest BCUT2D eigenvalue weighted by atomic mass is 32.1. The third-order valence-electron chi connectivity index (χ3n) is 4.14. The minimum Gasteiger partial charge on any atom is -0.310 e. The maximum absolute atomic E-state index is 12.1. The summed E-state index contributed by atoms with van der Waals surface area (Å²) < 4.78 is 0. The van der Waals surface area contributed by atoms with E-state index < -0.39 is 0 Å². The van der Waals surface area contributed by atoms with Gasteiger partial charge in [0.05, 0.1) is 5.39 Å². The number of aromatic nitrogens is 2. The molecule has 102 valence electrons. The van der Waals surface area contributed by atoms with Crippen LogP contribution in [0.15, 0.2) is 10.9 Å². The molecule has 0 amide bonds. The molecular weight excluding hydrogens is 256 g/mol. The molecule has 0 bridgehead atoms. The minimum absolute atomic E-state index is 0.0210. The van der Waals surface area contributed by atoms with Crippen LogP contribution in [0.4, 0.5) is 0 Å². The lowest BCUT2D eigenvalue weighted by molar-refractivity contribution is 0.215. The Bertz CT molecular complexity index is 668. The summed E-state index contributed by atoms with van der Waals surface area (Å²) in [5, 5.41) is 0.737. The van der Waals surface area contributed by atoms with Crippen LogP contribution in [0.1, 0.15) is 56.2 Å². The third kappa shape index (κ3) is 2.46. The van der Waals surface area contributed by atoms with Gasteiger partial charge >= 0.3 is 0 Å². The second-order valence-corrected chi connectivity index (χ2v) is 7.72. The number of nitrogens with one attached hydrogen (secondary N) is 1. The van der Waals surface area contributed by atoms with E-state index in [-0.39, 0.29) is 5.56 Å². The smallest absolute Gasteiger partial charge is 0.259 e. The monoisotopic (exact) mass is 276 g/mol. The first-order valence-electron chi connectivity index (χ1n) is 6.95. The topological polar surface area (TPSA) is 45.8 Å². The second kappa shape index (κ2) is 4.44. The lowest BCUT2D eigenvalue weighted by Gasteiger charge is -2.34. The first kappa shape index (κ1) is 12.9. The Morgan fingerprint density at radius 3 is 3.00 bits per heavy atom. The molecule has 1 unspecified atom stereocenters. The molecule has 1 saturated carbocycles. The van der Waals surface area contributed by atoms with Gasteiger partial charge in [-0.25, -0.2) is 4.98 Å². The van der Waals surface area contributed by atoms with Crippen molar-refractivity contribution < 1.29 is 0 Å². The fraction of sp³-hybridized carbons (Fsp3) is 0.600. The average Bonchev–Trinajstić information content (AvgIpc) is 2.69. The number of hydrogen-bond acceptors (Lipinski definition) is 3. The normalized spacial score (nSPS) is 22.8. The number of rotatable bonds is 1. The van der Waals surface area contributed by atoms with E-state index >= 15 is 0 Å². The lowest BCUT2D eigenvalue weighted by atomic mass is 9.72. The molecule has 1 aliphatic carbocycles. The van der Waals surface area contributed by atoms with Crippen LogP contribution in [0.2, 0.25) is 0 Å². The number of thiophene rings is 1. The van der Waals surface area contributed by atoms with E-state index in [1.54, 1.807) is 11.3 Å². The van der Waals surface area contributed by atoms with Crippen molar-refractivity contribution in [2.24, 2.45) is 5.41 Å². The molecule has 0 aromatic carbocycles. The Balaban J connectivity index is 2.03. The van der Waals surface area contributed by atoms with Crippen LogP contribution >= 0.6 is 11.3 Å². The molecule has 1 fully saturated rings. The number of fused-ring (bicyclic) bond motifs is 1. The van der Waals surface area contributed by atoms with Crippen molar-refractivity contribution in [2.45, 2.75) is 52.4 Å². The summed E-state index contributed by atoms with van der Waals surface area (Å²) in [7, 11) is 0. The van der Waals surface area contributed by atoms with Crippen molar-refractivity contribution in [2.75, 3.05) is 0 Å². The number of nitrogens with zero attached hydrogens (tertiary/aromatic N) is 1. The van der Waals surface area contributed by atoms with E-state index in [0.717, 1.165) is 33.8 Å². The van der Waals surface area contributed by atoms with Crippen molar-refractivity contribution in [3.05, 3.63) is 27.1 Å². The van der Waals surface area contributed by atoms with E-state index in [1.165, 1.54) is 12.8 Å². The van der Waals surface area contributed by atoms with Gasteiger partial charge in [0, 0.05) is 10.8 Å². The van der Waals surface area contributed by atoms with Gasteiger partial charge in [-0.1, -0.05) is 20.3 Å². The molecule has 0 saturated heterocycles. The van der Waals surface area contributed by atoms with Gasteiger partial charge < -0.3 is 4.98 Å². The molecule has 1 aliphatic rings. The summed E-state index contributed by atoms with van der Waals surface area (Å²) in [5.74, 6) is 1.30. The molecule has 1 N–H and O–H groups in total. The third-order valence-corrected chi connectivity index (χ3v) is 5.08. The van der Waals surface area contributed by atoms with Gasteiger partial charge in [0.15, 0.2) is 0 Å². The van der Waals surface area contributed by atoms with Crippen LogP contribution in [0.5, 0.6) is 0 Å². The molecular formula is C15H20N2OS. The average molecular weight is 276 g/mol. The van der Waals surface area contributed by atoms with E-state index in [0.29, 0.717) is 11.3 Å². The Morgan fingerprint density at radius 2 is 2.26 bits per heavy atom. The van der Waals surface area contributed by atoms with Crippen molar-refractivity contribution in [3.8, 4) is 0 Å². The zero-order chi connectivity index (χ0) is 13.6. The van der Waals surface area contributed by atoms with E-state index in [9.17, 15) is 4.79 Å². The van der Waals surface area contributed by atoms with Crippen LogP contribution < -0.4 is 5.56 Å². The number of H-pyrrole nitrogens is 1. The van der Waals surface area contributed by atoms with E-state index in [2.05, 4.69) is 18.8 Å². The Kier molecular flexibility index (Phi) is 3.01. The quantitative estimate of drug-likeness (QED) is 0.856. The van der Waals surface area contributed by atoms with Crippen molar-refractivity contribution in [1.29, 1.82) is 0 Å². The van der Waals surface area contributed by atoms with Gasteiger partial charge in [-0.3, -0.25) is 4.79 Å². The molecule has 1 atom stereocenters. The summed E-state index contributed by atoms with van der Waals surface area (Å²) in [6.45, 7) is 6.64. The zero-order valence-electron chi connectivity index (χ0n) is 11.7. The molecule has 2 aromatic heterocycles. The molecule has 4 heteroatoms. The zero-order valence-corrected chi connectivity index (χ0v) is 12.6. The van der Waals surface area contributed by atoms with Crippen molar-refractivity contribution in [3.63, 3.8) is 0 Å². The fourth-order valence-corrected chi connectivity index (χ4v) is 4.08. The van der Waals surface area contributed by atoms with Crippen LogP contribution in [0, 0.1) is 12.3 Å². The van der Waals surface area contributed by atoms with Gasteiger partial charge in [0.1, 0.15) is 10.7 Å². The van der Waals surface area contributed by atoms with Crippen LogP contribution in [-0.2, 0) is 0 Å². The Hall–Kier alpha value is -1.16. The van der Waals surface area contributed by atoms with Gasteiger partial charge in [-0.15, -0.1) is 11.3 Å². The summed E-state index contributed by atoms with van der Waals surface area (Å²) in [6, 6.07) is 1.93. The van der Waals surface area contributed by atoms with Crippen molar-refractivity contribution >= 4 is 21.6 Å². The predicted molar refractivity (Wildman–Crippen MR) is 80.0 cm³/mol. The largest absolute Gasteiger partial charge is 0.310 e. The standard InChI is InChI=1S/C15H20N2OS/c1-9-7-11-13(18)16-12(17-14(11)19-9)10-5-4-6-15(2,3)8-10/h7,10H,4-6,8H2,1-3H3,(H,16,17,18). The number of aryl methyl sites for hydroxylation is 1. The van der Waals surface area contributed by atoms with Gasteiger partial charge in [-0.05, 0) is 37.7 Å². The Morgan fingerprint density at radius 1 is 1.47 bits per heavy atom. The second-order valence-electron chi connectivity index (χ2n) is 6.48. The SMILES string of the molecule is Cc1cc2c(=O)[nH]c(C3CCCC(C)(C)C3)nc2s1. The fourth-order valence-electron chi connectivity index (χ4n) is 3.19. The highest BCUT2D eigenvalue weighted by Gasteiger charge is 2.30. The minimum atomic E-state index is 0.0210. The molecule has 3 nitrogen and oxygen atoms in total. The first-order valence-corrected chi connectivity index (χ1v) is 7.77. The predicted octanol–water partition coefficient (Wildman–Crippen LogP) is 3.98. The summed E-state index contributed by atoms with van der Waals surface area (Å²) in [5.41, 5.74) is 0.384. The van der Waals surface area contributed by atoms with Crippen LogP contribution in [-0.4, -0.2) is 9.97 Å². The van der Waals surface area contributed by atoms with Crippen molar-refractivity contribution in [1.82, 2.24) is 9.97 Å².